The van der Waals surface area contributed by atoms with Crippen molar-refractivity contribution in [2.75, 3.05) is 12.0 Å². The average Bonchev–Trinajstić information content (AvgIpc) is 3.38. The van der Waals surface area contributed by atoms with Crippen LogP contribution < -0.4 is 9.64 Å². The highest BCUT2D eigenvalue weighted by molar-refractivity contribution is 7.09. The third kappa shape index (κ3) is 3.48. The van der Waals surface area contributed by atoms with E-state index in [1.807, 2.05) is 17.5 Å². The van der Waals surface area contributed by atoms with Crippen molar-refractivity contribution in [3.8, 4) is 5.75 Å². The molecule has 0 bridgehead atoms. The van der Waals surface area contributed by atoms with Crippen LogP contribution in [0.3, 0.4) is 0 Å². The molecule has 0 spiro atoms. The Morgan fingerprint density at radius 2 is 1.63 bits per heavy atom. The minimum Gasteiger partial charge on any atom is -0.497 e. The van der Waals surface area contributed by atoms with Gasteiger partial charge in [0.25, 0.3) is 11.8 Å². The van der Waals surface area contributed by atoms with E-state index < -0.39 is 17.9 Å². The van der Waals surface area contributed by atoms with Gasteiger partial charge in [0.1, 0.15) is 11.8 Å². The summed E-state index contributed by atoms with van der Waals surface area (Å²) >= 11 is 1.54. The first-order valence-electron chi connectivity index (χ1n) is 9.46. The van der Waals surface area contributed by atoms with Gasteiger partial charge < -0.3 is 9.64 Å². The number of nitrogens with zero attached hydrogens (tertiary/aromatic N) is 2. The second kappa shape index (κ2) is 8.12. The van der Waals surface area contributed by atoms with Gasteiger partial charge in [0.15, 0.2) is 0 Å². The van der Waals surface area contributed by atoms with Crippen molar-refractivity contribution in [1.29, 1.82) is 0 Å². The molecule has 0 radical (unpaired) electrons. The number of rotatable bonds is 6. The summed E-state index contributed by atoms with van der Waals surface area (Å²) < 4.78 is 5.21. The van der Waals surface area contributed by atoms with Gasteiger partial charge in [-0.3, -0.25) is 19.3 Å². The maximum Gasteiger partial charge on any atom is 0.262 e. The molecule has 1 unspecified atom stereocenters. The van der Waals surface area contributed by atoms with Crippen LogP contribution in [-0.2, 0) is 11.3 Å². The lowest BCUT2D eigenvalue weighted by Crippen LogP contribution is -2.49. The van der Waals surface area contributed by atoms with Gasteiger partial charge >= 0.3 is 0 Å². The van der Waals surface area contributed by atoms with Gasteiger partial charge in [0, 0.05) is 10.6 Å². The van der Waals surface area contributed by atoms with Gasteiger partial charge in [-0.25, -0.2) is 0 Å². The number of thiophene rings is 1. The average molecular weight is 420 g/mol. The van der Waals surface area contributed by atoms with E-state index >= 15 is 0 Å². The van der Waals surface area contributed by atoms with Crippen molar-refractivity contribution in [2.45, 2.75) is 19.5 Å². The van der Waals surface area contributed by atoms with E-state index in [1.165, 1.54) is 11.3 Å². The fourth-order valence-corrected chi connectivity index (χ4v) is 4.21. The Balaban J connectivity index is 1.65. The Kier molecular flexibility index (Phi) is 5.37. The monoisotopic (exact) mass is 420 g/mol. The first-order valence-corrected chi connectivity index (χ1v) is 10.3. The van der Waals surface area contributed by atoms with E-state index in [0.29, 0.717) is 29.1 Å². The van der Waals surface area contributed by atoms with Crippen LogP contribution in [0.4, 0.5) is 5.69 Å². The van der Waals surface area contributed by atoms with Crippen LogP contribution in [0.25, 0.3) is 0 Å². The van der Waals surface area contributed by atoms with Crippen LogP contribution in [0.15, 0.2) is 66.0 Å². The first-order chi connectivity index (χ1) is 14.5. The van der Waals surface area contributed by atoms with Gasteiger partial charge in [-0.15, -0.1) is 11.3 Å². The predicted octanol–water partition coefficient (Wildman–Crippen LogP) is 3.97. The van der Waals surface area contributed by atoms with Gasteiger partial charge in [-0.2, -0.15) is 0 Å². The van der Waals surface area contributed by atoms with E-state index in [-0.39, 0.29) is 5.91 Å². The number of benzene rings is 2. The Morgan fingerprint density at radius 3 is 2.17 bits per heavy atom. The molecule has 3 amide bonds. The zero-order chi connectivity index (χ0) is 21.3. The molecule has 2 heterocycles. The fraction of sp³-hybridized carbons (Fsp3) is 0.174. The Labute approximate surface area is 178 Å². The number of ether oxygens (including phenoxy) is 1. The van der Waals surface area contributed by atoms with Crippen LogP contribution in [-0.4, -0.2) is 35.8 Å². The number of carbonyl (C=O) groups is 3. The maximum absolute atomic E-state index is 13.5. The van der Waals surface area contributed by atoms with Crippen molar-refractivity contribution in [1.82, 2.24) is 4.90 Å². The number of fused-ring (bicyclic) bond motifs is 1. The molecular weight excluding hydrogens is 400 g/mol. The van der Waals surface area contributed by atoms with E-state index in [0.717, 1.165) is 9.78 Å². The molecular formula is C23H20N2O4S. The van der Waals surface area contributed by atoms with Gasteiger partial charge in [0.2, 0.25) is 5.91 Å². The first kappa shape index (κ1) is 19.8. The van der Waals surface area contributed by atoms with Crippen molar-refractivity contribution in [2.24, 2.45) is 0 Å². The van der Waals surface area contributed by atoms with E-state index in [2.05, 4.69) is 0 Å². The number of hydrogen-bond donors (Lipinski definition) is 0. The lowest BCUT2D eigenvalue weighted by atomic mass is 10.1. The molecule has 6 nitrogen and oxygen atoms in total. The highest BCUT2D eigenvalue weighted by atomic mass is 32.1. The largest absolute Gasteiger partial charge is 0.497 e. The minimum atomic E-state index is -0.945. The Hall–Kier alpha value is -3.45. The van der Waals surface area contributed by atoms with Gasteiger partial charge in [-0.05, 0) is 54.8 Å². The molecule has 1 atom stereocenters. The number of amides is 3. The molecule has 152 valence electrons. The summed E-state index contributed by atoms with van der Waals surface area (Å²) in [5.41, 5.74) is 1.32. The van der Waals surface area contributed by atoms with Crippen molar-refractivity contribution >= 4 is 34.7 Å². The summed E-state index contributed by atoms with van der Waals surface area (Å²) in [4.78, 5) is 42.8. The third-order valence-corrected chi connectivity index (χ3v) is 5.98. The van der Waals surface area contributed by atoms with Gasteiger partial charge in [-0.1, -0.05) is 18.2 Å². The third-order valence-electron chi connectivity index (χ3n) is 5.11. The summed E-state index contributed by atoms with van der Waals surface area (Å²) in [6.45, 7) is 1.94. The Bertz CT molecular complexity index is 1060. The highest BCUT2D eigenvalue weighted by Gasteiger charge is 2.42. The second-order valence-electron chi connectivity index (χ2n) is 6.90. The van der Waals surface area contributed by atoms with Crippen LogP contribution >= 0.6 is 11.3 Å². The second-order valence-corrected chi connectivity index (χ2v) is 7.94. The number of carbonyl (C=O) groups excluding carboxylic acids is 3. The maximum atomic E-state index is 13.5. The summed E-state index contributed by atoms with van der Waals surface area (Å²) in [5.74, 6) is -0.539. The molecule has 0 saturated carbocycles. The molecule has 30 heavy (non-hydrogen) atoms. The molecule has 1 aliphatic rings. The van der Waals surface area contributed by atoms with Crippen molar-refractivity contribution in [3.63, 3.8) is 0 Å². The smallest absolute Gasteiger partial charge is 0.262 e. The summed E-state index contributed by atoms with van der Waals surface area (Å²) in [6, 6.07) is 16.7. The number of hydrogen-bond acceptors (Lipinski definition) is 5. The molecule has 0 aliphatic carbocycles. The molecule has 1 aliphatic heterocycles. The zero-order valence-corrected chi connectivity index (χ0v) is 17.4. The molecule has 4 rings (SSSR count). The molecule has 0 saturated heterocycles. The zero-order valence-electron chi connectivity index (χ0n) is 16.6. The number of imide groups is 1. The highest BCUT2D eigenvalue weighted by Crippen LogP contribution is 2.28. The normalized spacial score (nSPS) is 13.9. The quantitative estimate of drug-likeness (QED) is 0.566. The van der Waals surface area contributed by atoms with Gasteiger partial charge in [0.05, 0.1) is 24.8 Å². The van der Waals surface area contributed by atoms with Crippen molar-refractivity contribution < 1.29 is 19.1 Å². The fourth-order valence-electron chi connectivity index (χ4n) is 3.51. The summed E-state index contributed by atoms with van der Waals surface area (Å²) in [7, 11) is 1.58. The van der Waals surface area contributed by atoms with E-state index in [1.54, 1.807) is 67.5 Å². The molecule has 7 heteroatoms. The standard InChI is InChI=1S/C23H20N2O4S/c1-15(25-22(27)19-7-3-4-8-20(19)23(25)28)21(26)24(14-18-6-5-13-30-18)16-9-11-17(29-2)12-10-16/h3-13,15H,14H2,1-2H3. The summed E-state index contributed by atoms with van der Waals surface area (Å²) in [6.07, 6.45) is 0. The van der Waals surface area contributed by atoms with E-state index in [4.69, 9.17) is 4.74 Å². The predicted molar refractivity (Wildman–Crippen MR) is 115 cm³/mol. The lowest BCUT2D eigenvalue weighted by molar-refractivity contribution is -0.122. The molecule has 3 aromatic rings. The number of anilines is 1. The number of methoxy groups -OCH3 is 1. The van der Waals surface area contributed by atoms with Crippen LogP contribution in [0.1, 0.15) is 32.5 Å². The van der Waals surface area contributed by atoms with Crippen molar-refractivity contribution in [3.05, 3.63) is 82.0 Å². The summed E-state index contributed by atoms with van der Waals surface area (Å²) in [5, 5.41) is 1.94. The van der Waals surface area contributed by atoms with Crippen LogP contribution in [0.5, 0.6) is 5.75 Å². The topological polar surface area (TPSA) is 66.9 Å². The van der Waals surface area contributed by atoms with E-state index in [9.17, 15) is 14.4 Å². The molecule has 2 aromatic carbocycles. The minimum absolute atomic E-state index is 0.330. The molecule has 0 N–H and O–H groups in total. The molecule has 0 fully saturated rings. The lowest BCUT2D eigenvalue weighted by Gasteiger charge is -2.29. The SMILES string of the molecule is COc1ccc(N(Cc2cccs2)C(=O)C(C)N2C(=O)c3ccccc3C2=O)cc1. The van der Waals surface area contributed by atoms with Crippen LogP contribution in [0, 0.1) is 0 Å². The molecule has 1 aromatic heterocycles. The van der Waals surface area contributed by atoms with Crippen LogP contribution in [0.2, 0.25) is 0 Å². The Morgan fingerprint density at radius 1 is 1.00 bits per heavy atom.